The summed E-state index contributed by atoms with van der Waals surface area (Å²) in [5.74, 6) is 0. The summed E-state index contributed by atoms with van der Waals surface area (Å²) in [5.41, 5.74) is 0. The summed E-state index contributed by atoms with van der Waals surface area (Å²) >= 11 is 10.9. The van der Waals surface area contributed by atoms with Gasteiger partial charge in [0.15, 0.2) is 0 Å². The van der Waals surface area contributed by atoms with Crippen molar-refractivity contribution in [3.05, 3.63) is 22.2 Å². The third-order valence-corrected chi connectivity index (χ3v) is 4.18. The maximum absolute atomic E-state index is 10.8. The molecule has 0 heterocycles. The second-order valence-electron chi connectivity index (χ2n) is 2.66. The predicted molar refractivity (Wildman–Crippen MR) is 70.6 cm³/mol. The molecule has 1 aromatic rings. The molecule has 0 spiro atoms. The number of hydrogen-bond donors (Lipinski definition) is 2. The first-order valence-electron chi connectivity index (χ1n) is 3.47. The molecule has 12 heteroatoms. The zero-order chi connectivity index (χ0) is 12.7. The van der Waals surface area contributed by atoms with E-state index in [-0.39, 0.29) is 24.8 Å². The van der Waals surface area contributed by atoms with Gasteiger partial charge in [-0.2, -0.15) is 16.8 Å². The van der Waals surface area contributed by atoms with Crippen molar-refractivity contribution in [3.63, 3.8) is 0 Å². The number of hydrogen-bond acceptors (Lipinski definition) is 4. The Labute approximate surface area is 126 Å². The largest absolute Gasteiger partial charge is 0.296 e. The minimum atomic E-state index is -4.70. The molecule has 0 aliphatic rings. The van der Waals surface area contributed by atoms with Gasteiger partial charge < -0.3 is 0 Å². The molecule has 0 atom stereocenters. The van der Waals surface area contributed by atoms with Gasteiger partial charge in [0.25, 0.3) is 20.2 Å². The fourth-order valence-corrected chi connectivity index (χ4v) is 3.09. The molecule has 1 rings (SSSR count). The van der Waals surface area contributed by atoms with Crippen LogP contribution in [0, 0.1) is 0 Å². The highest BCUT2D eigenvalue weighted by Crippen LogP contribution is 2.30. The van der Waals surface area contributed by atoms with E-state index in [9.17, 15) is 16.8 Å². The Morgan fingerprint density at radius 2 is 1.06 bits per heavy atom. The summed E-state index contributed by atoms with van der Waals surface area (Å²) in [5, 5.41) is -0.917. The lowest BCUT2D eigenvalue weighted by Gasteiger charge is -2.05. The molecular weight excluding hydrogens is 374 g/mol. The highest BCUT2D eigenvalue weighted by atomic mass is 35.5. The summed E-state index contributed by atoms with van der Waals surface area (Å²) in [6, 6.07) is 1.25. The van der Waals surface area contributed by atoms with E-state index in [2.05, 4.69) is 0 Å². The highest BCUT2D eigenvalue weighted by molar-refractivity contribution is 7.86. The second-order valence-corrected chi connectivity index (χ2v) is 6.26. The van der Waals surface area contributed by atoms with Gasteiger partial charge in [0, 0.05) is 0 Å². The van der Waals surface area contributed by atoms with Crippen LogP contribution in [0.4, 0.5) is 0 Å². The average Bonchev–Trinajstić information content (AvgIpc) is 1.97. The zero-order valence-corrected chi connectivity index (χ0v) is 12.8. The van der Waals surface area contributed by atoms with Gasteiger partial charge in [-0.25, -0.2) is 0 Å². The van der Waals surface area contributed by atoms with Crippen molar-refractivity contribution in [3.8, 4) is 0 Å². The minimum Gasteiger partial charge on any atom is -0.282 e. The van der Waals surface area contributed by atoms with E-state index in [1.165, 1.54) is 0 Å². The van der Waals surface area contributed by atoms with E-state index in [0.29, 0.717) is 6.07 Å². The standard InChI is InChI=1S/C6H4Cl2O6S2.2ClH/c7-3-1-4(8)6(16(12,13)14)2-5(3)15(9,10)11;;/h1-2H,(H,9,10,11)(H,12,13,14);2*1H. The number of benzene rings is 1. The predicted octanol–water partition coefficient (Wildman–Crippen LogP) is 2.33. The van der Waals surface area contributed by atoms with Crippen LogP contribution in [0.15, 0.2) is 21.9 Å². The van der Waals surface area contributed by atoms with E-state index >= 15 is 0 Å². The van der Waals surface area contributed by atoms with Crippen molar-refractivity contribution in [2.45, 2.75) is 9.79 Å². The lowest BCUT2D eigenvalue weighted by molar-refractivity contribution is 0.481. The Kier molecular flexibility index (Phi) is 7.50. The summed E-state index contributed by atoms with van der Waals surface area (Å²) in [7, 11) is -9.40. The molecule has 2 N–H and O–H groups in total. The van der Waals surface area contributed by atoms with E-state index in [1.54, 1.807) is 0 Å². The maximum atomic E-state index is 10.8. The second kappa shape index (κ2) is 6.58. The van der Waals surface area contributed by atoms with Crippen molar-refractivity contribution in [1.82, 2.24) is 0 Å². The molecule has 0 saturated carbocycles. The molecule has 6 nitrogen and oxygen atoms in total. The van der Waals surface area contributed by atoms with Crippen LogP contribution < -0.4 is 0 Å². The molecule has 0 radical (unpaired) electrons. The fourth-order valence-electron chi connectivity index (χ4n) is 0.906. The maximum Gasteiger partial charge on any atom is 0.296 e. The van der Waals surface area contributed by atoms with Crippen molar-refractivity contribution < 1.29 is 25.9 Å². The van der Waals surface area contributed by atoms with Gasteiger partial charge in [-0.1, -0.05) is 23.2 Å². The fraction of sp³-hybridized carbons (Fsp3) is 0. The quantitative estimate of drug-likeness (QED) is 0.763. The lowest BCUT2D eigenvalue weighted by atomic mass is 10.4. The Balaban J connectivity index is 0. The van der Waals surface area contributed by atoms with Crippen molar-refractivity contribution in [1.29, 1.82) is 0 Å². The van der Waals surface area contributed by atoms with Gasteiger partial charge in [0.1, 0.15) is 9.79 Å². The molecule has 106 valence electrons. The van der Waals surface area contributed by atoms with Crippen LogP contribution in [0.5, 0.6) is 0 Å². The van der Waals surface area contributed by atoms with Gasteiger partial charge in [-0.05, 0) is 12.1 Å². The van der Waals surface area contributed by atoms with E-state index in [4.69, 9.17) is 32.3 Å². The smallest absolute Gasteiger partial charge is 0.282 e. The van der Waals surface area contributed by atoms with Gasteiger partial charge in [0.2, 0.25) is 0 Å². The van der Waals surface area contributed by atoms with E-state index in [0.717, 1.165) is 6.07 Å². The highest BCUT2D eigenvalue weighted by Gasteiger charge is 2.22. The van der Waals surface area contributed by atoms with Gasteiger partial charge >= 0.3 is 0 Å². The van der Waals surface area contributed by atoms with Crippen LogP contribution in [0.3, 0.4) is 0 Å². The topological polar surface area (TPSA) is 109 Å². The summed E-state index contributed by atoms with van der Waals surface area (Å²) in [6.45, 7) is 0. The van der Waals surface area contributed by atoms with Crippen LogP contribution in [-0.2, 0) is 20.2 Å². The Hall–Kier alpha value is 0.200. The molecule has 0 aromatic heterocycles. The average molecular weight is 380 g/mol. The molecular formula is C6H6Cl4O6S2. The monoisotopic (exact) mass is 378 g/mol. The molecule has 0 fully saturated rings. The molecule has 0 amide bonds. The Morgan fingerprint density at radius 3 is 1.28 bits per heavy atom. The SMILES string of the molecule is Cl.Cl.O=S(=O)(O)c1cc(S(=O)(=O)O)c(Cl)cc1Cl. The Bertz CT molecular complexity index is 585. The first-order chi connectivity index (χ1) is 7.03. The first-order valence-corrected chi connectivity index (χ1v) is 7.11. The third kappa shape index (κ3) is 4.71. The minimum absolute atomic E-state index is 0. The van der Waals surface area contributed by atoms with Crippen molar-refractivity contribution in [2.75, 3.05) is 0 Å². The van der Waals surface area contributed by atoms with Crippen LogP contribution >= 0.6 is 48.0 Å². The molecule has 0 saturated heterocycles. The van der Waals surface area contributed by atoms with Gasteiger partial charge in [-0.3, -0.25) is 9.11 Å². The normalized spacial score (nSPS) is 11.3. The van der Waals surface area contributed by atoms with E-state index < -0.39 is 40.1 Å². The number of rotatable bonds is 2. The molecule has 18 heavy (non-hydrogen) atoms. The van der Waals surface area contributed by atoms with Crippen molar-refractivity contribution in [2.24, 2.45) is 0 Å². The Morgan fingerprint density at radius 1 is 0.778 bits per heavy atom. The first kappa shape index (κ1) is 20.5. The summed E-state index contributed by atoms with van der Waals surface area (Å²) in [6.07, 6.45) is 0. The van der Waals surface area contributed by atoms with Gasteiger partial charge in [0.05, 0.1) is 10.0 Å². The van der Waals surface area contributed by atoms with E-state index in [1.807, 2.05) is 0 Å². The van der Waals surface area contributed by atoms with Crippen LogP contribution in [0.25, 0.3) is 0 Å². The van der Waals surface area contributed by atoms with Crippen molar-refractivity contribution >= 4 is 68.3 Å². The summed E-state index contributed by atoms with van der Waals surface area (Å²) < 4.78 is 60.6. The van der Waals surface area contributed by atoms with Crippen LogP contribution in [0.2, 0.25) is 10.0 Å². The lowest BCUT2D eigenvalue weighted by Crippen LogP contribution is -2.04. The summed E-state index contributed by atoms with van der Waals surface area (Å²) in [4.78, 5) is -1.71. The molecule has 0 unspecified atom stereocenters. The van der Waals surface area contributed by atoms with Gasteiger partial charge in [-0.15, -0.1) is 24.8 Å². The molecule has 0 aliphatic heterocycles. The van der Waals surface area contributed by atoms with Crippen LogP contribution in [-0.4, -0.2) is 25.9 Å². The molecule has 1 aromatic carbocycles. The molecule has 0 bridgehead atoms. The third-order valence-electron chi connectivity index (χ3n) is 1.54. The number of halogens is 4. The molecule has 0 aliphatic carbocycles. The van der Waals surface area contributed by atoms with Crippen LogP contribution in [0.1, 0.15) is 0 Å². The zero-order valence-electron chi connectivity index (χ0n) is 8.07.